The highest BCUT2D eigenvalue weighted by atomic mass is 35.5. The number of aryl methyl sites for hydroxylation is 1. The molecule has 29 heavy (non-hydrogen) atoms. The minimum atomic E-state index is -0.129. The maximum atomic E-state index is 13.1. The summed E-state index contributed by atoms with van der Waals surface area (Å²) in [7, 11) is 0. The number of aromatic nitrogens is 1. The molecule has 1 aliphatic rings. The number of piperidine rings is 1. The van der Waals surface area contributed by atoms with E-state index in [0.29, 0.717) is 5.02 Å². The first kappa shape index (κ1) is 20.5. The Balaban J connectivity index is 1.37. The number of thiophene rings is 1. The van der Waals surface area contributed by atoms with Crippen LogP contribution in [0.3, 0.4) is 0 Å². The van der Waals surface area contributed by atoms with Crippen LogP contribution in [0.15, 0.2) is 47.2 Å². The lowest BCUT2D eigenvalue weighted by molar-refractivity contribution is -0.127. The average Bonchev–Trinajstić information content (AvgIpc) is 3.39. The topological polar surface area (TPSA) is 45.2 Å². The lowest BCUT2D eigenvalue weighted by atomic mass is 9.94. The molecule has 1 N–H and O–H groups in total. The van der Waals surface area contributed by atoms with Crippen LogP contribution in [0.1, 0.15) is 40.0 Å². The molecular formula is C22H24ClN3OS2. The van der Waals surface area contributed by atoms with Gasteiger partial charge in [-0.3, -0.25) is 9.69 Å². The van der Waals surface area contributed by atoms with E-state index in [2.05, 4.69) is 26.6 Å². The Hall–Kier alpha value is -1.73. The highest BCUT2D eigenvalue weighted by Crippen LogP contribution is 2.28. The Morgan fingerprint density at radius 3 is 2.62 bits per heavy atom. The zero-order valence-electron chi connectivity index (χ0n) is 16.3. The van der Waals surface area contributed by atoms with E-state index < -0.39 is 0 Å². The molecule has 0 aliphatic carbocycles. The number of hydrogen-bond donors (Lipinski definition) is 1. The van der Waals surface area contributed by atoms with E-state index >= 15 is 0 Å². The number of halogens is 1. The molecular weight excluding hydrogens is 422 g/mol. The summed E-state index contributed by atoms with van der Waals surface area (Å²) >= 11 is 9.40. The van der Waals surface area contributed by atoms with Gasteiger partial charge in [0.05, 0.1) is 16.7 Å². The molecule has 2 aromatic heterocycles. The van der Waals surface area contributed by atoms with Crippen molar-refractivity contribution in [1.29, 1.82) is 0 Å². The fraction of sp³-hybridized carbons (Fsp3) is 0.364. The van der Waals surface area contributed by atoms with E-state index in [1.807, 2.05) is 42.6 Å². The number of rotatable bonds is 6. The van der Waals surface area contributed by atoms with Crippen molar-refractivity contribution in [3.05, 3.63) is 73.3 Å². The number of carbonyl (C=O) groups excluding carboxylic acids is 1. The van der Waals surface area contributed by atoms with Crippen molar-refractivity contribution in [2.75, 3.05) is 13.1 Å². The van der Waals surface area contributed by atoms with Crippen LogP contribution in [-0.2, 0) is 11.3 Å². The zero-order valence-corrected chi connectivity index (χ0v) is 18.7. The third kappa shape index (κ3) is 5.25. The first-order valence-electron chi connectivity index (χ1n) is 9.81. The van der Waals surface area contributed by atoms with Crippen LogP contribution >= 0.6 is 34.3 Å². The lowest BCUT2D eigenvalue weighted by Crippen LogP contribution is -2.41. The van der Waals surface area contributed by atoms with E-state index in [-0.39, 0.29) is 17.9 Å². The number of nitrogens with zero attached hydrogens (tertiary/aromatic N) is 2. The molecule has 3 aromatic rings. The highest BCUT2D eigenvalue weighted by molar-refractivity contribution is 7.10. The van der Waals surface area contributed by atoms with Crippen LogP contribution in [0, 0.1) is 12.8 Å². The molecule has 4 rings (SSSR count). The smallest absolute Gasteiger partial charge is 0.223 e. The highest BCUT2D eigenvalue weighted by Gasteiger charge is 2.28. The van der Waals surface area contributed by atoms with Crippen LogP contribution < -0.4 is 5.32 Å². The molecule has 1 fully saturated rings. The Morgan fingerprint density at radius 2 is 2.00 bits per heavy atom. The fourth-order valence-corrected chi connectivity index (χ4v) is 5.29. The van der Waals surface area contributed by atoms with Gasteiger partial charge in [0, 0.05) is 27.7 Å². The number of likely N-dealkylation sites (tertiary alicyclic amines) is 1. The predicted octanol–water partition coefficient (Wildman–Crippen LogP) is 5.28. The van der Waals surface area contributed by atoms with Crippen LogP contribution in [0.4, 0.5) is 0 Å². The number of benzene rings is 1. The summed E-state index contributed by atoms with van der Waals surface area (Å²) in [5, 5.41) is 9.28. The Morgan fingerprint density at radius 1 is 1.24 bits per heavy atom. The predicted molar refractivity (Wildman–Crippen MR) is 121 cm³/mol. The van der Waals surface area contributed by atoms with Crippen molar-refractivity contribution in [3.8, 4) is 0 Å². The number of amides is 1. The molecule has 3 heterocycles. The van der Waals surface area contributed by atoms with Gasteiger partial charge in [0.25, 0.3) is 0 Å². The van der Waals surface area contributed by atoms with Crippen molar-refractivity contribution >= 4 is 40.2 Å². The van der Waals surface area contributed by atoms with Crippen LogP contribution in [0.5, 0.6) is 0 Å². The largest absolute Gasteiger partial charge is 0.344 e. The third-order valence-corrected chi connectivity index (χ3v) is 7.34. The second-order valence-electron chi connectivity index (χ2n) is 7.42. The molecule has 0 saturated carbocycles. The van der Waals surface area contributed by atoms with Gasteiger partial charge in [-0.1, -0.05) is 29.8 Å². The van der Waals surface area contributed by atoms with E-state index in [1.54, 1.807) is 22.7 Å². The molecule has 0 radical (unpaired) electrons. The van der Waals surface area contributed by atoms with Gasteiger partial charge in [-0.2, -0.15) is 0 Å². The third-order valence-electron chi connectivity index (χ3n) is 5.33. The standard InChI is InChI=1S/C22H24ClN3OS2/c1-15-24-19(14-29-15)13-26-10-8-17(9-11-26)22(27)25-21(20-3-2-12-28-20)16-4-6-18(23)7-5-16/h2-7,12,14,17,21H,8-11,13H2,1H3,(H,25,27). The van der Waals surface area contributed by atoms with E-state index in [0.717, 1.165) is 53.6 Å². The van der Waals surface area contributed by atoms with Gasteiger partial charge in [0.15, 0.2) is 0 Å². The molecule has 1 saturated heterocycles. The lowest BCUT2D eigenvalue weighted by Gasteiger charge is -2.31. The number of nitrogens with one attached hydrogen (secondary N) is 1. The first-order chi connectivity index (χ1) is 14.1. The Bertz CT molecular complexity index is 931. The summed E-state index contributed by atoms with van der Waals surface area (Å²) in [5.74, 6) is 0.195. The molecule has 152 valence electrons. The maximum Gasteiger partial charge on any atom is 0.223 e. The molecule has 4 nitrogen and oxygen atoms in total. The molecule has 7 heteroatoms. The summed E-state index contributed by atoms with van der Waals surface area (Å²) in [6.45, 7) is 4.77. The van der Waals surface area contributed by atoms with Crippen LogP contribution in [0.25, 0.3) is 0 Å². The summed E-state index contributed by atoms with van der Waals surface area (Å²) in [6.07, 6.45) is 1.76. The monoisotopic (exact) mass is 445 g/mol. The van der Waals surface area contributed by atoms with E-state index in [1.165, 1.54) is 0 Å². The van der Waals surface area contributed by atoms with Gasteiger partial charge in [0.1, 0.15) is 0 Å². The van der Waals surface area contributed by atoms with Gasteiger partial charge in [-0.25, -0.2) is 4.98 Å². The summed E-state index contributed by atoms with van der Waals surface area (Å²) in [5.41, 5.74) is 2.19. The molecule has 1 unspecified atom stereocenters. The number of thiazole rings is 1. The quantitative estimate of drug-likeness (QED) is 0.561. The SMILES string of the molecule is Cc1nc(CN2CCC(C(=O)NC(c3ccc(Cl)cc3)c3cccs3)CC2)cs1. The Labute approximate surface area is 184 Å². The minimum absolute atomic E-state index is 0.0539. The van der Waals surface area contributed by atoms with Crippen LogP contribution in [0.2, 0.25) is 5.02 Å². The zero-order chi connectivity index (χ0) is 20.2. The van der Waals surface area contributed by atoms with Crippen molar-refractivity contribution in [2.24, 2.45) is 5.92 Å². The summed E-state index contributed by atoms with van der Waals surface area (Å²) in [4.78, 5) is 21.1. The normalized spacial score (nSPS) is 16.6. The van der Waals surface area contributed by atoms with Crippen molar-refractivity contribution in [1.82, 2.24) is 15.2 Å². The van der Waals surface area contributed by atoms with Crippen molar-refractivity contribution in [3.63, 3.8) is 0 Å². The van der Waals surface area contributed by atoms with Gasteiger partial charge in [0.2, 0.25) is 5.91 Å². The van der Waals surface area contributed by atoms with Gasteiger partial charge in [-0.15, -0.1) is 22.7 Å². The second-order valence-corrected chi connectivity index (χ2v) is 9.89. The van der Waals surface area contributed by atoms with Crippen molar-refractivity contribution in [2.45, 2.75) is 32.4 Å². The fourth-order valence-electron chi connectivity index (χ4n) is 3.75. The van der Waals surface area contributed by atoms with Gasteiger partial charge < -0.3 is 5.32 Å². The Kier molecular flexibility index (Phi) is 6.65. The minimum Gasteiger partial charge on any atom is -0.344 e. The number of carbonyl (C=O) groups is 1. The molecule has 0 spiro atoms. The van der Waals surface area contributed by atoms with Crippen molar-refractivity contribution < 1.29 is 4.79 Å². The van der Waals surface area contributed by atoms with E-state index in [4.69, 9.17) is 11.6 Å². The maximum absolute atomic E-state index is 13.1. The number of hydrogen-bond acceptors (Lipinski definition) is 5. The van der Waals surface area contributed by atoms with Gasteiger partial charge in [-0.05, 0) is 62.0 Å². The van der Waals surface area contributed by atoms with E-state index in [9.17, 15) is 4.79 Å². The van der Waals surface area contributed by atoms with Crippen LogP contribution in [-0.4, -0.2) is 28.9 Å². The summed E-state index contributed by atoms with van der Waals surface area (Å²) in [6, 6.07) is 11.7. The van der Waals surface area contributed by atoms with Gasteiger partial charge >= 0.3 is 0 Å². The molecule has 1 aromatic carbocycles. The molecule has 1 aliphatic heterocycles. The first-order valence-corrected chi connectivity index (χ1v) is 11.9. The molecule has 1 atom stereocenters. The summed E-state index contributed by atoms with van der Waals surface area (Å²) < 4.78 is 0. The second kappa shape index (κ2) is 9.39. The molecule has 0 bridgehead atoms. The average molecular weight is 446 g/mol. The molecule has 1 amide bonds.